The van der Waals surface area contributed by atoms with Gasteiger partial charge >= 0.3 is 19.9 Å². The SMILES string of the molecule is CP(=O)(O)OOC1(Cn2cnc3cnc(N)nc32)CC1(CC(F)(F)F)CC(F)(F)F. The van der Waals surface area contributed by atoms with Crippen LogP contribution in [0.25, 0.3) is 11.2 Å². The van der Waals surface area contributed by atoms with Crippen molar-refractivity contribution in [2.75, 3.05) is 12.4 Å². The lowest BCUT2D eigenvalue weighted by atomic mass is 9.92. The zero-order chi connectivity index (χ0) is 22.6. The summed E-state index contributed by atoms with van der Waals surface area (Å²) in [6, 6.07) is 0. The van der Waals surface area contributed by atoms with Crippen LogP contribution in [-0.4, -0.2) is 49.0 Å². The molecular formula is C14H16F6N5O4P. The molecule has 2 aromatic rings. The van der Waals surface area contributed by atoms with Crippen LogP contribution in [-0.2, 0) is 20.7 Å². The summed E-state index contributed by atoms with van der Waals surface area (Å²) in [7, 11) is -4.38. The van der Waals surface area contributed by atoms with Gasteiger partial charge in [0.15, 0.2) is 5.65 Å². The molecule has 0 saturated heterocycles. The highest BCUT2D eigenvalue weighted by molar-refractivity contribution is 7.51. The molecule has 1 saturated carbocycles. The standard InChI is InChI=1S/C14H16F6N5O4P/c1-30(26,27)29-28-12(3-11(12,4-13(15,16)17)5-14(18,19)20)6-25-7-23-8-2-22-10(21)24-9(8)25/h2,7H,3-6H2,1H3,(H,26,27)(H2,21,22,24). The quantitative estimate of drug-likeness (QED) is 0.278. The molecular weight excluding hydrogens is 447 g/mol. The molecule has 0 aromatic carbocycles. The smallest absolute Gasteiger partial charge is 0.368 e. The van der Waals surface area contributed by atoms with E-state index in [4.69, 9.17) is 10.6 Å². The second-order valence-electron chi connectivity index (χ2n) is 7.31. The molecule has 3 N–H and O–H groups in total. The monoisotopic (exact) mass is 463 g/mol. The predicted octanol–water partition coefficient (Wildman–Crippen LogP) is 3.21. The van der Waals surface area contributed by atoms with Crippen molar-refractivity contribution < 1.29 is 45.4 Å². The van der Waals surface area contributed by atoms with Gasteiger partial charge in [-0.25, -0.2) is 14.9 Å². The van der Waals surface area contributed by atoms with Crippen molar-refractivity contribution in [3.63, 3.8) is 0 Å². The predicted molar refractivity (Wildman–Crippen MR) is 88.8 cm³/mol. The van der Waals surface area contributed by atoms with Crippen LogP contribution in [0, 0.1) is 5.41 Å². The molecule has 1 aliphatic carbocycles. The Morgan fingerprint density at radius 1 is 1.23 bits per heavy atom. The Morgan fingerprint density at radius 3 is 2.37 bits per heavy atom. The Kier molecular flexibility index (Phi) is 5.33. The number of imidazole rings is 1. The summed E-state index contributed by atoms with van der Waals surface area (Å²) in [6.07, 6.45) is -12.0. The van der Waals surface area contributed by atoms with Gasteiger partial charge in [0.1, 0.15) is 11.1 Å². The van der Waals surface area contributed by atoms with Gasteiger partial charge in [-0.1, -0.05) is 0 Å². The molecule has 0 bridgehead atoms. The minimum atomic E-state index is -4.96. The van der Waals surface area contributed by atoms with E-state index in [9.17, 15) is 35.8 Å². The van der Waals surface area contributed by atoms with Gasteiger partial charge in [0.05, 0.1) is 31.9 Å². The number of hydrogen-bond acceptors (Lipinski definition) is 7. The maximum absolute atomic E-state index is 13.1. The molecule has 1 aliphatic rings. The molecule has 0 amide bonds. The number of rotatable bonds is 7. The van der Waals surface area contributed by atoms with E-state index in [0.717, 1.165) is 10.9 Å². The van der Waals surface area contributed by atoms with Crippen LogP contribution >= 0.6 is 7.60 Å². The molecule has 0 aliphatic heterocycles. The molecule has 16 heteroatoms. The molecule has 2 unspecified atom stereocenters. The summed E-state index contributed by atoms with van der Waals surface area (Å²) in [5, 5.41) is 0. The fourth-order valence-electron chi connectivity index (χ4n) is 3.55. The zero-order valence-electron chi connectivity index (χ0n) is 15.2. The Morgan fingerprint density at radius 2 is 1.83 bits per heavy atom. The van der Waals surface area contributed by atoms with Crippen LogP contribution in [0.2, 0.25) is 0 Å². The lowest BCUT2D eigenvalue weighted by molar-refractivity contribution is -0.288. The van der Waals surface area contributed by atoms with Crippen molar-refractivity contribution in [3.8, 4) is 0 Å². The van der Waals surface area contributed by atoms with Crippen LogP contribution < -0.4 is 5.73 Å². The van der Waals surface area contributed by atoms with Gasteiger partial charge in [0.2, 0.25) is 5.95 Å². The lowest BCUT2D eigenvalue weighted by Crippen LogP contribution is -2.35. The summed E-state index contributed by atoms with van der Waals surface area (Å²) < 4.78 is 95.7. The number of nitrogens with two attached hydrogens (primary N) is 1. The summed E-state index contributed by atoms with van der Waals surface area (Å²) in [5.74, 6) is -0.198. The molecule has 0 radical (unpaired) electrons. The minimum Gasteiger partial charge on any atom is -0.368 e. The fraction of sp³-hybridized carbons (Fsp3) is 0.643. The minimum absolute atomic E-state index is 0.0361. The Bertz CT molecular complexity index is 973. The van der Waals surface area contributed by atoms with E-state index in [1.807, 2.05) is 0 Å². The molecule has 2 heterocycles. The van der Waals surface area contributed by atoms with Crippen LogP contribution in [0.5, 0.6) is 0 Å². The number of halogens is 6. The second kappa shape index (κ2) is 7.04. The molecule has 2 aromatic heterocycles. The van der Waals surface area contributed by atoms with Crippen LogP contribution in [0.15, 0.2) is 12.5 Å². The van der Waals surface area contributed by atoms with Gasteiger partial charge in [0.25, 0.3) is 0 Å². The topological polar surface area (TPSA) is 125 Å². The molecule has 30 heavy (non-hydrogen) atoms. The maximum Gasteiger partial charge on any atom is 0.389 e. The summed E-state index contributed by atoms with van der Waals surface area (Å²) in [4.78, 5) is 25.6. The van der Waals surface area contributed by atoms with E-state index in [2.05, 4.69) is 19.6 Å². The Balaban J connectivity index is 2.02. The van der Waals surface area contributed by atoms with Gasteiger partial charge < -0.3 is 15.2 Å². The van der Waals surface area contributed by atoms with Crippen molar-refractivity contribution in [3.05, 3.63) is 12.5 Å². The van der Waals surface area contributed by atoms with Crippen LogP contribution in [0.1, 0.15) is 19.3 Å². The molecule has 9 nitrogen and oxygen atoms in total. The summed E-state index contributed by atoms with van der Waals surface area (Å²) in [5.41, 5.74) is 0.997. The van der Waals surface area contributed by atoms with Crippen molar-refractivity contribution in [2.45, 2.75) is 43.8 Å². The van der Waals surface area contributed by atoms with E-state index in [-0.39, 0.29) is 17.1 Å². The zero-order valence-corrected chi connectivity index (χ0v) is 16.1. The first-order valence-electron chi connectivity index (χ1n) is 8.28. The number of hydrogen-bond donors (Lipinski definition) is 2. The van der Waals surface area contributed by atoms with Gasteiger partial charge in [-0.3, -0.25) is 4.57 Å². The molecule has 2 atom stereocenters. The van der Waals surface area contributed by atoms with Crippen LogP contribution in [0.4, 0.5) is 32.3 Å². The van der Waals surface area contributed by atoms with E-state index in [0.29, 0.717) is 6.66 Å². The largest absolute Gasteiger partial charge is 0.389 e. The third-order valence-electron chi connectivity index (χ3n) is 4.68. The molecule has 0 spiro atoms. The summed E-state index contributed by atoms with van der Waals surface area (Å²) in [6.45, 7) is 0.0604. The van der Waals surface area contributed by atoms with Crippen molar-refractivity contribution in [1.82, 2.24) is 19.5 Å². The number of anilines is 1. The highest BCUT2D eigenvalue weighted by Crippen LogP contribution is 2.69. The van der Waals surface area contributed by atoms with Gasteiger partial charge in [-0.2, -0.15) is 31.3 Å². The third-order valence-corrected chi connectivity index (χ3v) is 5.03. The van der Waals surface area contributed by atoms with Gasteiger partial charge in [0, 0.05) is 12.1 Å². The van der Waals surface area contributed by atoms with Gasteiger partial charge in [-0.05, 0) is 6.42 Å². The average Bonchev–Trinajstić information content (AvgIpc) is 2.89. The average molecular weight is 463 g/mol. The van der Waals surface area contributed by atoms with E-state index in [1.165, 1.54) is 6.20 Å². The number of nitrogens with zero attached hydrogens (tertiary/aromatic N) is 4. The number of fused-ring (bicyclic) bond motifs is 1. The molecule has 168 valence electrons. The maximum atomic E-state index is 13.1. The van der Waals surface area contributed by atoms with E-state index < -0.39 is 56.8 Å². The lowest BCUT2D eigenvalue weighted by Gasteiger charge is -2.27. The molecule has 3 rings (SSSR count). The van der Waals surface area contributed by atoms with Crippen molar-refractivity contribution >= 4 is 24.7 Å². The first-order valence-corrected chi connectivity index (χ1v) is 10.3. The second-order valence-corrected chi connectivity index (χ2v) is 9.06. The van der Waals surface area contributed by atoms with E-state index in [1.54, 1.807) is 0 Å². The number of aromatic nitrogens is 4. The first kappa shape index (κ1) is 22.7. The normalized spacial score (nSPS) is 23.5. The van der Waals surface area contributed by atoms with Crippen molar-refractivity contribution in [2.24, 2.45) is 5.41 Å². The molecule has 1 fully saturated rings. The first-order chi connectivity index (χ1) is 13.5. The number of alkyl halides is 6. The highest BCUT2D eigenvalue weighted by atomic mass is 31.2. The van der Waals surface area contributed by atoms with Crippen LogP contribution in [0.3, 0.4) is 0 Å². The van der Waals surface area contributed by atoms with E-state index >= 15 is 0 Å². The van der Waals surface area contributed by atoms with Crippen molar-refractivity contribution in [1.29, 1.82) is 0 Å². The van der Waals surface area contributed by atoms with Gasteiger partial charge in [-0.15, -0.1) is 4.67 Å². The Labute approximate surface area is 164 Å². The Hall–Kier alpha value is -1.96. The third kappa shape index (κ3) is 5.02. The highest BCUT2D eigenvalue weighted by Gasteiger charge is 2.75. The number of nitrogen functional groups attached to an aromatic ring is 1. The summed E-state index contributed by atoms with van der Waals surface area (Å²) >= 11 is 0. The fourth-order valence-corrected chi connectivity index (χ4v) is 3.83.